The minimum absolute atomic E-state index is 0.0194. The molecular weight excluding hydrogens is 974 g/mol. The molecule has 3 nitrogen and oxygen atoms in total. The van der Waals surface area contributed by atoms with Crippen molar-refractivity contribution < 1.29 is 0 Å². The number of hydrogen-bond acceptors (Lipinski definition) is 4. The number of fused-ring (bicyclic) bond motifs is 12. The summed E-state index contributed by atoms with van der Waals surface area (Å²) in [6.07, 6.45) is 12.3. The van der Waals surface area contributed by atoms with Gasteiger partial charge in [0.1, 0.15) is 0 Å². The second-order valence-corrected chi connectivity index (χ2v) is 32.9. The normalized spacial score (nSPS) is 26.1. The van der Waals surface area contributed by atoms with E-state index in [9.17, 15) is 0 Å². The molecule has 6 aromatic carbocycles. The zero-order valence-electron chi connectivity index (χ0n) is 51.2. The molecule has 1 aromatic heterocycles. The quantitative estimate of drug-likeness (QED) is 0.163. The Hall–Kier alpha value is -5.26. The molecule has 0 N–H and O–H groups in total. The summed E-state index contributed by atoms with van der Waals surface area (Å²) in [5, 5.41) is 1.44. The van der Waals surface area contributed by atoms with Gasteiger partial charge in [0.25, 0.3) is 6.71 Å². The molecule has 3 aliphatic heterocycles. The number of thiophene rings is 1. The Morgan fingerprint density at radius 2 is 0.975 bits per heavy atom. The van der Waals surface area contributed by atoms with Crippen LogP contribution in [0.1, 0.15) is 226 Å². The average molecular weight is 1060 g/mol. The van der Waals surface area contributed by atoms with Crippen LogP contribution in [0, 0.1) is 0 Å². The first-order chi connectivity index (χ1) is 37.0. The molecule has 2 fully saturated rings. The fourth-order valence-corrected chi connectivity index (χ4v) is 18.3. The summed E-state index contributed by atoms with van der Waals surface area (Å²) in [4.78, 5) is 8.41. The fourth-order valence-electron chi connectivity index (χ4n) is 17.0. The number of rotatable bonds is 3. The number of nitrogens with zero attached hydrogens (tertiary/aromatic N) is 3. The highest BCUT2D eigenvalue weighted by Gasteiger charge is 2.59. The van der Waals surface area contributed by atoms with E-state index >= 15 is 0 Å². The minimum Gasteiger partial charge on any atom is -0.334 e. The van der Waals surface area contributed by atoms with Crippen molar-refractivity contribution in [2.75, 3.05) is 14.7 Å². The highest BCUT2D eigenvalue weighted by Crippen LogP contribution is 2.64. The average Bonchev–Trinajstić information content (AvgIpc) is 2.57. The van der Waals surface area contributed by atoms with E-state index in [4.69, 9.17) is 0 Å². The van der Waals surface area contributed by atoms with Crippen LogP contribution in [0.15, 0.2) is 103 Å². The van der Waals surface area contributed by atoms with Gasteiger partial charge in [-0.3, -0.25) is 0 Å². The van der Waals surface area contributed by atoms with Gasteiger partial charge < -0.3 is 14.7 Å². The number of anilines is 8. The molecule has 0 radical (unpaired) electrons. The van der Waals surface area contributed by atoms with Crippen molar-refractivity contribution in [3.63, 3.8) is 0 Å². The Balaban J connectivity index is 1.13. The van der Waals surface area contributed by atoms with Crippen LogP contribution in [-0.2, 0) is 43.3 Å². The largest absolute Gasteiger partial charge is 0.334 e. The Kier molecular flexibility index (Phi) is 10.7. The first-order valence-corrected chi connectivity index (χ1v) is 31.5. The molecule has 2 saturated carbocycles. The lowest BCUT2D eigenvalue weighted by Crippen LogP contribution is -2.61. The third-order valence-electron chi connectivity index (χ3n) is 22.7. The Morgan fingerprint density at radius 1 is 0.430 bits per heavy atom. The Bertz CT molecular complexity index is 3730. The monoisotopic (exact) mass is 1060 g/mol. The van der Waals surface area contributed by atoms with E-state index in [1.807, 2.05) is 0 Å². The smallest absolute Gasteiger partial charge is 0.264 e. The molecule has 2 atom stereocenters. The Labute approximate surface area is 479 Å². The van der Waals surface area contributed by atoms with Gasteiger partial charge in [0.2, 0.25) is 0 Å². The van der Waals surface area contributed by atoms with Crippen molar-refractivity contribution in [2.24, 2.45) is 0 Å². The predicted octanol–water partition coefficient (Wildman–Crippen LogP) is 19.1. The third-order valence-corrected chi connectivity index (χ3v) is 23.9. The minimum atomic E-state index is -0.136. The van der Waals surface area contributed by atoms with Crippen LogP contribution in [0.4, 0.5) is 45.5 Å². The molecule has 4 heterocycles. The molecular formula is C74H88BN3S. The van der Waals surface area contributed by atoms with Gasteiger partial charge in [-0.05, 0) is 212 Å². The summed E-state index contributed by atoms with van der Waals surface area (Å²) in [7, 11) is 0. The van der Waals surface area contributed by atoms with Crippen molar-refractivity contribution in [1.29, 1.82) is 0 Å². The maximum absolute atomic E-state index is 2.88. The highest BCUT2D eigenvalue weighted by atomic mass is 32.1. The van der Waals surface area contributed by atoms with Crippen LogP contribution in [-0.4, -0.2) is 12.3 Å². The molecule has 2 bridgehead atoms. The zero-order valence-corrected chi connectivity index (χ0v) is 52.0. The molecule has 0 saturated heterocycles. The van der Waals surface area contributed by atoms with Crippen LogP contribution in [0.3, 0.4) is 0 Å². The summed E-state index contributed by atoms with van der Waals surface area (Å²) in [5.41, 5.74) is 25.9. The van der Waals surface area contributed by atoms with Gasteiger partial charge in [0.15, 0.2) is 0 Å². The van der Waals surface area contributed by atoms with Crippen LogP contribution >= 0.6 is 11.3 Å². The fraction of sp³-hybridized carbons (Fsp3) is 0.486. The molecule has 408 valence electrons. The van der Waals surface area contributed by atoms with E-state index in [1.165, 1.54) is 162 Å². The number of hydrogen-bond donors (Lipinski definition) is 0. The maximum atomic E-state index is 2.88. The lowest BCUT2D eigenvalue weighted by atomic mass is 9.36. The molecule has 7 aromatic rings. The number of benzene rings is 6. The first-order valence-electron chi connectivity index (χ1n) is 30.7. The van der Waals surface area contributed by atoms with Gasteiger partial charge in [-0.1, -0.05) is 166 Å². The molecule has 15 rings (SSSR count). The van der Waals surface area contributed by atoms with Gasteiger partial charge in [-0.25, -0.2) is 0 Å². The summed E-state index contributed by atoms with van der Waals surface area (Å²) >= 11 is 2.11. The maximum Gasteiger partial charge on any atom is 0.264 e. The SMILES string of the molecule is CC(C)(C)c1ccc(N2c3ccc(C(C)(C)C)cc3B3c4sc5cc6c(cc5c4N(c4ccc5c(c4)C(C)(C)CCC5(C)C)c4cc(N5c7ccc(C(C)(C)C)cc7C7(C)CCCCC57C)cc2c43)C2(C)CCC6(C)CC2)cc1. The van der Waals surface area contributed by atoms with E-state index < -0.39 is 0 Å². The van der Waals surface area contributed by atoms with Gasteiger partial charge in [-0.15, -0.1) is 11.3 Å². The van der Waals surface area contributed by atoms with Crippen LogP contribution in [0.25, 0.3) is 10.1 Å². The van der Waals surface area contributed by atoms with Crippen molar-refractivity contribution >= 4 is 89.3 Å². The molecule has 79 heavy (non-hydrogen) atoms. The predicted molar refractivity (Wildman–Crippen MR) is 343 cm³/mol. The molecule has 0 amide bonds. The summed E-state index contributed by atoms with van der Waals surface area (Å²) in [5.74, 6) is 0. The van der Waals surface area contributed by atoms with Crippen molar-refractivity contribution in [2.45, 2.75) is 231 Å². The van der Waals surface area contributed by atoms with Crippen LogP contribution in [0.2, 0.25) is 0 Å². The molecule has 8 aliphatic rings. The molecule has 5 aliphatic carbocycles. The van der Waals surface area contributed by atoms with Crippen LogP contribution < -0.4 is 30.4 Å². The van der Waals surface area contributed by atoms with E-state index in [0.29, 0.717) is 0 Å². The van der Waals surface area contributed by atoms with E-state index in [0.717, 1.165) is 6.42 Å². The molecule has 5 heteroatoms. The van der Waals surface area contributed by atoms with Gasteiger partial charge in [-0.2, -0.15) is 0 Å². The van der Waals surface area contributed by atoms with Crippen LogP contribution in [0.5, 0.6) is 0 Å². The lowest BCUT2D eigenvalue weighted by Gasteiger charge is -2.52. The third kappa shape index (κ3) is 7.21. The van der Waals surface area contributed by atoms with E-state index in [-0.39, 0.29) is 55.6 Å². The Morgan fingerprint density at radius 3 is 1.61 bits per heavy atom. The lowest BCUT2D eigenvalue weighted by molar-refractivity contribution is 0.188. The first kappa shape index (κ1) is 51.9. The molecule has 2 unspecified atom stereocenters. The molecule has 0 spiro atoms. The van der Waals surface area contributed by atoms with Crippen molar-refractivity contribution in [3.05, 3.63) is 148 Å². The van der Waals surface area contributed by atoms with E-state index in [1.54, 1.807) is 11.1 Å². The van der Waals surface area contributed by atoms with Gasteiger partial charge in [0, 0.05) is 60.1 Å². The van der Waals surface area contributed by atoms with Crippen molar-refractivity contribution in [1.82, 2.24) is 0 Å². The summed E-state index contributed by atoms with van der Waals surface area (Å²) < 4.78 is 2.93. The standard InChI is InChI=1S/C74H88BN3S/c1-66(2,3)45-20-24-48(25-21-45)76-59-29-23-47(68(7,8)9)39-57(59)75-63-60(76)41-50(78-58-28-22-46(67(4,5)6)38-56(58)73(16)30-18-19-31-74(73,78)17)42-61(63)77(49-26-27-52-53(40-49)70(12,13)33-32-69(52,10)11)64-51-43-54-55(44-62(51)79-65(64)75)72(15)36-34-71(54,14)35-37-72/h20-29,38-44H,18-19,30-37H2,1-17H3. The zero-order chi connectivity index (χ0) is 55.7. The summed E-state index contributed by atoms with van der Waals surface area (Å²) in [6.45, 7) is 41.9. The van der Waals surface area contributed by atoms with Gasteiger partial charge >= 0.3 is 0 Å². The topological polar surface area (TPSA) is 9.72 Å². The van der Waals surface area contributed by atoms with Gasteiger partial charge in [0.05, 0.1) is 11.2 Å². The second-order valence-electron chi connectivity index (χ2n) is 31.8. The van der Waals surface area contributed by atoms with Crippen molar-refractivity contribution in [3.8, 4) is 0 Å². The summed E-state index contributed by atoms with van der Waals surface area (Å²) in [6, 6.07) is 43.5. The van der Waals surface area contributed by atoms with E-state index in [2.05, 4.69) is 247 Å². The highest BCUT2D eigenvalue weighted by molar-refractivity contribution is 7.33. The second kappa shape index (κ2) is 16.3.